The molecule has 0 saturated heterocycles. The van der Waals surface area contributed by atoms with Gasteiger partial charge in [0.25, 0.3) is 0 Å². The molecule has 1 heterocycles. The second-order valence-electron chi connectivity index (χ2n) is 2.78. The standard InChI is InChI=1S/C9H15N3/c1-3-5-12-8-4-6-11-7(2)9(8)10/h4,6H,3,5,10H2,1-2H3,(H,11,12). The molecule has 3 N–H and O–H groups in total. The first-order chi connectivity index (χ1) is 5.75. The van der Waals surface area contributed by atoms with Crippen LogP contribution in [0.2, 0.25) is 0 Å². The molecule has 0 aliphatic carbocycles. The van der Waals surface area contributed by atoms with Crippen molar-refractivity contribution in [3.8, 4) is 0 Å². The van der Waals surface area contributed by atoms with Crippen LogP contribution in [0.3, 0.4) is 0 Å². The highest BCUT2D eigenvalue weighted by Gasteiger charge is 1.99. The number of nitrogens with one attached hydrogen (secondary N) is 1. The van der Waals surface area contributed by atoms with Crippen molar-refractivity contribution in [2.75, 3.05) is 17.6 Å². The van der Waals surface area contributed by atoms with E-state index < -0.39 is 0 Å². The SMILES string of the molecule is CCCNc1ccnc(C)c1N. The van der Waals surface area contributed by atoms with E-state index in [1.165, 1.54) is 0 Å². The van der Waals surface area contributed by atoms with E-state index in [1.54, 1.807) is 6.20 Å². The largest absolute Gasteiger partial charge is 0.396 e. The van der Waals surface area contributed by atoms with E-state index in [9.17, 15) is 0 Å². The van der Waals surface area contributed by atoms with Gasteiger partial charge in [-0.3, -0.25) is 4.98 Å². The summed E-state index contributed by atoms with van der Waals surface area (Å²) in [4.78, 5) is 4.08. The van der Waals surface area contributed by atoms with Crippen molar-refractivity contribution in [1.29, 1.82) is 0 Å². The minimum Gasteiger partial charge on any atom is -0.396 e. The first-order valence-electron chi connectivity index (χ1n) is 4.20. The van der Waals surface area contributed by atoms with E-state index in [1.807, 2.05) is 13.0 Å². The van der Waals surface area contributed by atoms with Crippen LogP contribution in [0.4, 0.5) is 11.4 Å². The summed E-state index contributed by atoms with van der Waals surface area (Å²) in [6.07, 6.45) is 2.87. The molecule has 0 aromatic carbocycles. The Morgan fingerprint density at radius 3 is 3.00 bits per heavy atom. The van der Waals surface area contributed by atoms with Gasteiger partial charge in [0.05, 0.1) is 17.1 Å². The number of hydrogen-bond acceptors (Lipinski definition) is 3. The van der Waals surface area contributed by atoms with Gasteiger partial charge in [0, 0.05) is 12.7 Å². The highest BCUT2D eigenvalue weighted by molar-refractivity contribution is 5.67. The van der Waals surface area contributed by atoms with E-state index >= 15 is 0 Å². The maximum Gasteiger partial charge on any atom is 0.0766 e. The Bertz CT molecular complexity index is 258. The van der Waals surface area contributed by atoms with E-state index in [0.29, 0.717) is 0 Å². The summed E-state index contributed by atoms with van der Waals surface area (Å²) in [5, 5.41) is 3.24. The molecule has 0 unspecified atom stereocenters. The molecule has 0 saturated carbocycles. The highest BCUT2D eigenvalue weighted by atomic mass is 14.9. The lowest BCUT2D eigenvalue weighted by Crippen LogP contribution is -2.04. The lowest BCUT2D eigenvalue weighted by Gasteiger charge is -2.08. The minimum atomic E-state index is 0.756. The molecule has 0 amide bonds. The maximum atomic E-state index is 5.80. The zero-order valence-electron chi connectivity index (χ0n) is 7.59. The predicted octanol–water partition coefficient (Wildman–Crippen LogP) is 1.79. The molecule has 3 nitrogen and oxygen atoms in total. The number of aromatic nitrogens is 1. The van der Waals surface area contributed by atoms with Crippen LogP contribution in [0.1, 0.15) is 19.0 Å². The van der Waals surface area contributed by atoms with Crippen LogP contribution in [-0.2, 0) is 0 Å². The van der Waals surface area contributed by atoms with Crippen molar-refractivity contribution in [2.24, 2.45) is 0 Å². The third-order valence-electron chi connectivity index (χ3n) is 1.75. The van der Waals surface area contributed by atoms with Crippen molar-refractivity contribution in [2.45, 2.75) is 20.3 Å². The average Bonchev–Trinajstić information content (AvgIpc) is 2.08. The fourth-order valence-corrected chi connectivity index (χ4v) is 0.992. The number of pyridine rings is 1. The second kappa shape index (κ2) is 3.95. The van der Waals surface area contributed by atoms with Crippen LogP contribution in [-0.4, -0.2) is 11.5 Å². The van der Waals surface area contributed by atoms with Gasteiger partial charge >= 0.3 is 0 Å². The van der Waals surface area contributed by atoms with Crippen LogP contribution in [0, 0.1) is 6.92 Å². The molecular weight excluding hydrogens is 150 g/mol. The van der Waals surface area contributed by atoms with E-state index in [4.69, 9.17) is 5.73 Å². The normalized spacial score (nSPS) is 9.83. The number of nitrogens with two attached hydrogens (primary N) is 1. The first-order valence-corrected chi connectivity index (χ1v) is 4.20. The van der Waals surface area contributed by atoms with Gasteiger partial charge in [0.1, 0.15) is 0 Å². The Balaban J connectivity index is 2.78. The number of nitrogen functional groups attached to an aromatic ring is 1. The Hall–Kier alpha value is -1.25. The summed E-state index contributed by atoms with van der Waals surface area (Å²) in [6, 6.07) is 1.90. The predicted molar refractivity (Wildman–Crippen MR) is 52.2 cm³/mol. The molecule has 0 bridgehead atoms. The Kier molecular flexibility index (Phi) is 2.91. The highest BCUT2D eigenvalue weighted by Crippen LogP contribution is 2.19. The van der Waals surface area contributed by atoms with Crippen LogP contribution in [0.15, 0.2) is 12.3 Å². The van der Waals surface area contributed by atoms with Crippen molar-refractivity contribution in [3.05, 3.63) is 18.0 Å². The van der Waals surface area contributed by atoms with Gasteiger partial charge < -0.3 is 11.1 Å². The number of nitrogens with zero attached hydrogens (tertiary/aromatic N) is 1. The summed E-state index contributed by atoms with van der Waals surface area (Å²) < 4.78 is 0. The molecule has 1 rings (SSSR count). The molecule has 0 fully saturated rings. The quantitative estimate of drug-likeness (QED) is 0.718. The molecule has 1 aromatic rings. The topological polar surface area (TPSA) is 50.9 Å². The number of hydrogen-bond donors (Lipinski definition) is 2. The second-order valence-corrected chi connectivity index (χ2v) is 2.78. The molecule has 0 aliphatic rings. The van der Waals surface area contributed by atoms with Gasteiger partial charge in [-0.25, -0.2) is 0 Å². The van der Waals surface area contributed by atoms with Crippen LogP contribution in [0.5, 0.6) is 0 Å². The average molecular weight is 165 g/mol. The van der Waals surface area contributed by atoms with Gasteiger partial charge in [-0.15, -0.1) is 0 Å². The van der Waals surface area contributed by atoms with Gasteiger partial charge in [-0.05, 0) is 19.4 Å². The maximum absolute atomic E-state index is 5.80. The molecule has 66 valence electrons. The molecule has 12 heavy (non-hydrogen) atoms. The molecule has 0 spiro atoms. The molecule has 1 aromatic heterocycles. The van der Waals surface area contributed by atoms with Crippen molar-refractivity contribution >= 4 is 11.4 Å². The number of anilines is 2. The molecule has 0 atom stereocenters. The summed E-state index contributed by atoms with van der Waals surface area (Å²) in [6.45, 7) is 4.98. The third-order valence-corrected chi connectivity index (χ3v) is 1.75. The van der Waals surface area contributed by atoms with Gasteiger partial charge in [0.15, 0.2) is 0 Å². The Morgan fingerprint density at radius 2 is 2.33 bits per heavy atom. The van der Waals surface area contributed by atoms with E-state index in [-0.39, 0.29) is 0 Å². The zero-order valence-corrected chi connectivity index (χ0v) is 7.59. The third kappa shape index (κ3) is 1.87. The lowest BCUT2D eigenvalue weighted by molar-refractivity contribution is 0.978. The smallest absolute Gasteiger partial charge is 0.0766 e. The summed E-state index contributed by atoms with van der Waals surface area (Å²) >= 11 is 0. The molecular formula is C9H15N3. The molecule has 0 aliphatic heterocycles. The van der Waals surface area contributed by atoms with Gasteiger partial charge in [-0.2, -0.15) is 0 Å². The summed E-state index contributed by atoms with van der Waals surface area (Å²) in [7, 11) is 0. The number of aryl methyl sites for hydroxylation is 1. The van der Waals surface area contributed by atoms with Gasteiger partial charge in [-0.1, -0.05) is 6.92 Å². The monoisotopic (exact) mass is 165 g/mol. The van der Waals surface area contributed by atoms with E-state index in [2.05, 4.69) is 17.2 Å². The first kappa shape index (κ1) is 8.84. The minimum absolute atomic E-state index is 0.756. The van der Waals surface area contributed by atoms with Crippen LogP contribution < -0.4 is 11.1 Å². The Morgan fingerprint density at radius 1 is 1.58 bits per heavy atom. The van der Waals surface area contributed by atoms with Gasteiger partial charge in [0.2, 0.25) is 0 Å². The van der Waals surface area contributed by atoms with E-state index in [0.717, 1.165) is 30.0 Å². The zero-order chi connectivity index (χ0) is 8.97. The summed E-state index contributed by atoms with van der Waals surface area (Å²) in [5.41, 5.74) is 8.43. The fraction of sp³-hybridized carbons (Fsp3) is 0.444. The fourth-order valence-electron chi connectivity index (χ4n) is 0.992. The van der Waals surface area contributed by atoms with Crippen molar-refractivity contribution in [1.82, 2.24) is 4.98 Å². The molecule has 0 radical (unpaired) electrons. The summed E-state index contributed by atoms with van der Waals surface area (Å²) in [5.74, 6) is 0. The van der Waals surface area contributed by atoms with Crippen LogP contribution in [0.25, 0.3) is 0 Å². The van der Waals surface area contributed by atoms with Crippen molar-refractivity contribution < 1.29 is 0 Å². The van der Waals surface area contributed by atoms with Crippen LogP contribution >= 0.6 is 0 Å². The number of rotatable bonds is 3. The Labute approximate surface area is 73.0 Å². The lowest BCUT2D eigenvalue weighted by atomic mass is 10.2. The van der Waals surface area contributed by atoms with Crippen molar-refractivity contribution in [3.63, 3.8) is 0 Å². The molecule has 3 heteroatoms.